The number of anilines is 2. The topological polar surface area (TPSA) is 37.0 Å². The summed E-state index contributed by atoms with van der Waals surface area (Å²) in [6.45, 7) is 3.67. The number of aromatic nitrogens is 1. The number of hydrogen-bond donors (Lipinski definition) is 2. The number of nitrogens with zero attached hydrogens (tertiary/aromatic N) is 1. The average Bonchev–Trinajstić information content (AvgIpc) is 2.37. The molecule has 1 aromatic heterocycles. The Morgan fingerprint density at radius 3 is 2.58 bits per heavy atom. The van der Waals surface area contributed by atoms with Crippen molar-refractivity contribution in [3.63, 3.8) is 0 Å². The Kier molecular flexibility index (Phi) is 4.06. The van der Waals surface area contributed by atoms with E-state index in [2.05, 4.69) is 15.6 Å². The first kappa shape index (κ1) is 13.4. The summed E-state index contributed by atoms with van der Waals surface area (Å²) < 4.78 is 13.4. The fourth-order valence-electron chi connectivity index (χ4n) is 1.49. The van der Waals surface area contributed by atoms with Crippen molar-refractivity contribution in [1.82, 2.24) is 4.98 Å². The van der Waals surface area contributed by atoms with Gasteiger partial charge in [0.1, 0.15) is 11.6 Å². The minimum atomic E-state index is -0.263. The monoisotopic (exact) mass is 275 g/mol. The highest BCUT2D eigenvalue weighted by Crippen LogP contribution is 2.14. The van der Waals surface area contributed by atoms with Crippen LogP contribution in [-0.2, 0) is 0 Å². The van der Waals surface area contributed by atoms with Gasteiger partial charge >= 0.3 is 0 Å². The largest absolute Gasteiger partial charge is 0.332 e. The van der Waals surface area contributed by atoms with Gasteiger partial charge in [0.25, 0.3) is 0 Å². The molecule has 0 saturated carbocycles. The highest BCUT2D eigenvalue weighted by atomic mass is 32.1. The highest BCUT2D eigenvalue weighted by molar-refractivity contribution is 7.80. The van der Waals surface area contributed by atoms with Gasteiger partial charge in [-0.3, -0.25) is 0 Å². The quantitative estimate of drug-likeness (QED) is 0.820. The number of pyridine rings is 1. The molecule has 98 valence electrons. The van der Waals surface area contributed by atoms with E-state index in [1.165, 1.54) is 6.07 Å². The van der Waals surface area contributed by atoms with Crippen LogP contribution in [0.2, 0.25) is 0 Å². The lowest BCUT2D eigenvalue weighted by atomic mass is 10.2. The molecule has 0 fully saturated rings. The SMILES string of the molecule is Cc1ccc(NC(=S)Nc2ccc(C)c(F)c2)nc1. The maximum atomic E-state index is 13.4. The second kappa shape index (κ2) is 5.75. The predicted molar refractivity (Wildman–Crippen MR) is 80.0 cm³/mol. The van der Waals surface area contributed by atoms with E-state index in [0.29, 0.717) is 22.2 Å². The van der Waals surface area contributed by atoms with Gasteiger partial charge in [0.15, 0.2) is 5.11 Å². The van der Waals surface area contributed by atoms with Crippen LogP contribution >= 0.6 is 12.2 Å². The number of thiocarbonyl (C=S) groups is 1. The highest BCUT2D eigenvalue weighted by Gasteiger charge is 2.02. The van der Waals surface area contributed by atoms with Crippen molar-refractivity contribution in [2.75, 3.05) is 10.6 Å². The molecule has 0 radical (unpaired) electrons. The molecule has 2 N–H and O–H groups in total. The van der Waals surface area contributed by atoms with Crippen LogP contribution in [0.3, 0.4) is 0 Å². The van der Waals surface area contributed by atoms with Crippen molar-refractivity contribution in [3.05, 3.63) is 53.5 Å². The molecule has 0 unspecified atom stereocenters. The number of aryl methyl sites for hydroxylation is 2. The van der Waals surface area contributed by atoms with Gasteiger partial charge in [0, 0.05) is 11.9 Å². The van der Waals surface area contributed by atoms with Crippen molar-refractivity contribution < 1.29 is 4.39 Å². The number of hydrogen-bond acceptors (Lipinski definition) is 2. The van der Waals surface area contributed by atoms with E-state index in [1.807, 2.05) is 19.1 Å². The Hall–Kier alpha value is -2.01. The molecule has 1 heterocycles. The fourth-order valence-corrected chi connectivity index (χ4v) is 1.71. The molecule has 0 atom stereocenters. The maximum Gasteiger partial charge on any atom is 0.176 e. The minimum Gasteiger partial charge on any atom is -0.332 e. The minimum absolute atomic E-state index is 0.263. The number of halogens is 1. The third-order valence-electron chi connectivity index (χ3n) is 2.58. The zero-order chi connectivity index (χ0) is 13.8. The fraction of sp³-hybridized carbons (Fsp3) is 0.143. The molecule has 3 nitrogen and oxygen atoms in total. The van der Waals surface area contributed by atoms with E-state index in [-0.39, 0.29) is 5.82 Å². The molecule has 2 aromatic rings. The van der Waals surface area contributed by atoms with Gasteiger partial charge in [-0.15, -0.1) is 0 Å². The number of rotatable bonds is 2. The van der Waals surface area contributed by atoms with E-state index in [1.54, 1.807) is 25.3 Å². The van der Waals surface area contributed by atoms with Crippen LogP contribution in [0.5, 0.6) is 0 Å². The molecular weight excluding hydrogens is 261 g/mol. The van der Waals surface area contributed by atoms with E-state index in [9.17, 15) is 4.39 Å². The normalized spacial score (nSPS) is 10.1. The second-order valence-electron chi connectivity index (χ2n) is 4.26. The molecule has 0 saturated heterocycles. The Bertz CT molecular complexity index is 596. The molecule has 0 aliphatic rings. The van der Waals surface area contributed by atoms with E-state index in [4.69, 9.17) is 12.2 Å². The summed E-state index contributed by atoms with van der Waals surface area (Å²) in [5, 5.41) is 6.23. The van der Waals surface area contributed by atoms with Crippen LogP contribution in [0.1, 0.15) is 11.1 Å². The molecule has 1 aromatic carbocycles. The summed E-state index contributed by atoms with van der Waals surface area (Å²) >= 11 is 5.14. The van der Waals surface area contributed by atoms with Crippen LogP contribution < -0.4 is 10.6 Å². The van der Waals surface area contributed by atoms with Crippen LogP contribution in [-0.4, -0.2) is 10.1 Å². The molecular formula is C14H14FN3S. The van der Waals surface area contributed by atoms with Crippen LogP contribution in [0.25, 0.3) is 0 Å². The molecule has 0 amide bonds. The lowest BCUT2D eigenvalue weighted by molar-refractivity contribution is 0.619. The first-order valence-corrected chi connectivity index (χ1v) is 6.22. The summed E-state index contributed by atoms with van der Waals surface area (Å²) in [5.41, 5.74) is 2.28. The standard InChI is InChI=1S/C14H14FN3S/c1-9-3-6-13(16-8-9)18-14(19)17-11-5-4-10(2)12(15)7-11/h3-8H,1-2H3,(H2,16,17,18,19). The summed E-state index contributed by atoms with van der Waals surface area (Å²) in [4.78, 5) is 4.18. The zero-order valence-corrected chi connectivity index (χ0v) is 11.5. The lowest BCUT2D eigenvalue weighted by Crippen LogP contribution is -2.19. The summed E-state index contributed by atoms with van der Waals surface area (Å²) in [6, 6.07) is 8.65. The molecule has 0 aliphatic carbocycles. The zero-order valence-electron chi connectivity index (χ0n) is 10.7. The van der Waals surface area contributed by atoms with Gasteiger partial charge in [-0.25, -0.2) is 9.37 Å². The van der Waals surface area contributed by atoms with E-state index < -0.39 is 0 Å². The summed E-state index contributed by atoms with van der Waals surface area (Å²) in [5.74, 6) is 0.386. The van der Waals surface area contributed by atoms with Gasteiger partial charge < -0.3 is 10.6 Å². The molecule has 0 spiro atoms. The maximum absolute atomic E-state index is 13.4. The molecule has 19 heavy (non-hydrogen) atoms. The number of nitrogens with one attached hydrogen (secondary N) is 2. The Balaban J connectivity index is 2.01. The average molecular weight is 275 g/mol. The Morgan fingerprint density at radius 2 is 1.95 bits per heavy atom. The van der Waals surface area contributed by atoms with Gasteiger partial charge in [0.2, 0.25) is 0 Å². The predicted octanol–water partition coefficient (Wildman–Crippen LogP) is 3.65. The molecule has 2 rings (SSSR count). The van der Waals surface area contributed by atoms with Crippen molar-refractivity contribution in [2.24, 2.45) is 0 Å². The molecule has 0 aliphatic heterocycles. The third-order valence-corrected chi connectivity index (χ3v) is 2.79. The van der Waals surface area contributed by atoms with Crippen molar-refractivity contribution >= 4 is 28.8 Å². The van der Waals surface area contributed by atoms with Crippen LogP contribution in [0.4, 0.5) is 15.9 Å². The molecule has 5 heteroatoms. The smallest absolute Gasteiger partial charge is 0.176 e. The van der Waals surface area contributed by atoms with Crippen LogP contribution in [0.15, 0.2) is 36.5 Å². The second-order valence-corrected chi connectivity index (χ2v) is 4.67. The van der Waals surface area contributed by atoms with Crippen molar-refractivity contribution in [1.29, 1.82) is 0 Å². The van der Waals surface area contributed by atoms with E-state index >= 15 is 0 Å². The first-order chi connectivity index (χ1) is 9.04. The van der Waals surface area contributed by atoms with E-state index in [0.717, 1.165) is 5.56 Å². The van der Waals surface area contributed by atoms with Gasteiger partial charge in [0.05, 0.1) is 0 Å². The van der Waals surface area contributed by atoms with Gasteiger partial charge in [-0.2, -0.15) is 0 Å². The summed E-state index contributed by atoms with van der Waals surface area (Å²) in [6.07, 6.45) is 1.75. The number of benzene rings is 1. The van der Waals surface area contributed by atoms with Gasteiger partial charge in [-0.1, -0.05) is 12.1 Å². The Morgan fingerprint density at radius 1 is 1.16 bits per heavy atom. The third kappa shape index (κ3) is 3.72. The lowest BCUT2D eigenvalue weighted by Gasteiger charge is -2.10. The van der Waals surface area contributed by atoms with Crippen molar-refractivity contribution in [3.8, 4) is 0 Å². The van der Waals surface area contributed by atoms with Crippen molar-refractivity contribution in [2.45, 2.75) is 13.8 Å². The van der Waals surface area contributed by atoms with Gasteiger partial charge in [-0.05, 0) is 55.4 Å². The summed E-state index contributed by atoms with van der Waals surface area (Å²) in [7, 11) is 0. The molecule has 0 bridgehead atoms. The van der Waals surface area contributed by atoms with Crippen LogP contribution in [0, 0.1) is 19.7 Å². The Labute approximate surface area is 116 Å². The first-order valence-electron chi connectivity index (χ1n) is 5.81.